The van der Waals surface area contributed by atoms with Gasteiger partial charge in [0.05, 0.1) is 6.54 Å². The molecule has 4 rings (SSSR count). The predicted octanol–water partition coefficient (Wildman–Crippen LogP) is 6.66. The Balaban J connectivity index is 1.43. The summed E-state index contributed by atoms with van der Waals surface area (Å²) in [5.74, 6) is -1.54. The van der Waals surface area contributed by atoms with Crippen LogP contribution in [-0.2, 0) is 13.2 Å². The number of aromatic nitrogens is 2. The molecule has 1 aromatic heterocycles. The predicted molar refractivity (Wildman–Crippen MR) is 128 cm³/mol. The third-order valence-electron chi connectivity index (χ3n) is 5.07. The fraction of sp³-hybridized carbons (Fsp3) is 0.120. The fourth-order valence-corrected chi connectivity index (χ4v) is 3.83. The summed E-state index contributed by atoms with van der Waals surface area (Å²) >= 11 is 12.5. The first-order valence-electron chi connectivity index (χ1n) is 10.3. The second-order valence-electron chi connectivity index (χ2n) is 7.55. The molecule has 5 nitrogen and oxygen atoms in total. The van der Waals surface area contributed by atoms with Crippen molar-refractivity contribution < 1.29 is 18.3 Å². The molecule has 1 N–H and O–H groups in total. The number of nitrogens with zero attached hydrogens (tertiary/aromatic N) is 2. The number of carbonyl (C=O) groups excluding carboxylic acids is 1. The highest BCUT2D eigenvalue weighted by atomic mass is 35.5. The third kappa shape index (κ3) is 5.55. The summed E-state index contributed by atoms with van der Waals surface area (Å²) in [6.07, 6.45) is 0. The van der Waals surface area contributed by atoms with Crippen LogP contribution >= 0.6 is 23.2 Å². The maximum absolute atomic E-state index is 13.8. The Bertz CT molecular complexity index is 1340. The minimum Gasteiger partial charge on any atom is -0.486 e. The summed E-state index contributed by atoms with van der Waals surface area (Å²) in [5, 5.41) is 8.28. The number of nitrogens with one attached hydrogen (secondary N) is 1. The van der Waals surface area contributed by atoms with Crippen LogP contribution in [0.4, 0.5) is 14.6 Å². The standard InChI is InChI=1S/C25H19Cl2F2N3O2/c1-15-10-24(31-32(15)13-19-20(26)6-3-7-21(19)27)30-25(33)17-5-2-4-16(11-17)14-34-23-9-8-18(28)12-22(23)29/h2-12H,13-14H2,1H3,(H,30,31,33). The minimum atomic E-state index is -0.794. The molecule has 0 aliphatic heterocycles. The zero-order valence-corrected chi connectivity index (χ0v) is 19.5. The summed E-state index contributed by atoms with van der Waals surface area (Å²) in [7, 11) is 0. The molecule has 0 saturated carbocycles. The molecule has 34 heavy (non-hydrogen) atoms. The quantitative estimate of drug-likeness (QED) is 0.308. The number of hydrogen-bond donors (Lipinski definition) is 1. The van der Waals surface area contributed by atoms with Gasteiger partial charge in [-0.3, -0.25) is 9.48 Å². The highest BCUT2D eigenvalue weighted by molar-refractivity contribution is 6.36. The van der Waals surface area contributed by atoms with Crippen molar-refractivity contribution >= 4 is 34.9 Å². The lowest BCUT2D eigenvalue weighted by molar-refractivity contribution is 0.102. The first-order valence-corrected chi connectivity index (χ1v) is 11.0. The number of ether oxygens (including phenoxy) is 1. The van der Waals surface area contributed by atoms with E-state index in [4.69, 9.17) is 27.9 Å². The molecule has 174 valence electrons. The zero-order chi connectivity index (χ0) is 24.2. The topological polar surface area (TPSA) is 56.1 Å². The van der Waals surface area contributed by atoms with E-state index < -0.39 is 11.6 Å². The summed E-state index contributed by atoms with van der Waals surface area (Å²) in [5.41, 5.74) is 2.57. The molecule has 0 spiro atoms. The Hall–Kier alpha value is -3.42. The van der Waals surface area contributed by atoms with E-state index in [0.29, 0.717) is 33.5 Å². The molecule has 0 saturated heterocycles. The van der Waals surface area contributed by atoms with Gasteiger partial charge in [0, 0.05) is 39.0 Å². The molecule has 0 atom stereocenters. The van der Waals surface area contributed by atoms with Gasteiger partial charge in [-0.05, 0) is 48.9 Å². The van der Waals surface area contributed by atoms with Gasteiger partial charge >= 0.3 is 0 Å². The van der Waals surface area contributed by atoms with Gasteiger partial charge in [-0.1, -0.05) is 41.4 Å². The molecule has 0 bridgehead atoms. The van der Waals surface area contributed by atoms with E-state index in [0.717, 1.165) is 23.4 Å². The molecule has 3 aromatic carbocycles. The second-order valence-corrected chi connectivity index (χ2v) is 8.36. The lowest BCUT2D eigenvalue weighted by atomic mass is 10.1. The van der Waals surface area contributed by atoms with Crippen molar-refractivity contribution in [2.45, 2.75) is 20.1 Å². The van der Waals surface area contributed by atoms with E-state index in [1.807, 2.05) is 6.92 Å². The largest absolute Gasteiger partial charge is 0.486 e. The first-order chi connectivity index (χ1) is 16.3. The van der Waals surface area contributed by atoms with Crippen LogP contribution in [0.25, 0.3) is 0 Å². The van der Waals surface area contributed by atoms with Crippen LogP contribution < -0.4 is 10.1 Å². The van der Waals surface area contributed by atoms with Crippen LogP contribution in [0.5, 0.6) is 5.75 Å². The molecular weight excluding hydrogens is 483 g/mol. The summed E-state index contributed by atoms with van der Waals surface area (Å²) in [4.78, 5) is 12.8. The fourth-order valence-electron chi connectivity index (χ4n) is 3.31. The van der Waals surface area contributed by atoms with E-state index in [-0.39, 0.29) is 18.3 Å². The van der Waals surface area contributed by atoms with Gasteiger partial charge in [0.15, 0.2) is 17.4 Å². The van der Waals surface area contributed by atoms with Gasteiger partial charge in [-0.2, -0.15) is 5.10 Å². The van der Waals surface area contributed by atoms with Crippen molar-refractivity contribution in [3.63, 3.8) is 0 Å². The highest BCUT2D eigenvalue weighted by Gasteiger charge is 2.13. The molecule has 4 aromatic rings. The van der Waals surface area contributed by atoms with E-state index in [2.05, 4.69) is 10.4 Å². The Kier molecular flexibility index (Phi) is 7.14. The highest BCUT2D eigenvalue weighted by Crippen LogP contribution is 2.26. The monoisotopic (exact) mass is 501 g/mol. The molecule has 0 fully saturated rings. The average molecular weight is 502 g/mol. The van der Waals surface area contributed by atoms with Crippen molar-refractivity contribution in [2.24, 2.45) is 0 Å². The van der Waals surface area contributed by atoms with Gasteiger partial charge < -0.3 is 10.1 Å². The maximum atomic E-state index is 13.8. The Morgan fingerprint density at radius 3 is 2.50 bits per heavy atom. The molecule has 0 aliphatic rings. The number of benzene rings is 3. The molecule has 0 aliphatic carbocycles. The Morgan fingerprint density at radius 1 is 1.03 bits per heavy atom. The smallest absolute Gasteiger partial charge is 0.256 e. The molecule has 9 heteroatoms. The second kappa shape index (κ2) is 10.2. The number of aryl methyl sites for hydroxylation is 1. The van der Waals surface area contributed by atoms with Gasteiger partial charge in [-0.25, -0.2) is 8.78 Å². The molecule has 0 unspecified atom stereocenters. The number of rotatable bonds is 7. The van der Waals surface area contributed by atoms with Crippen LogP contribution in [-0.4, -0.2) is 15.7 Å². The van der Waals surface area contributed by atoms with Crippen molar-refractivity contribution in [3.05, 3.63) is 111 Å². The zero-order valence-electron chi connectivity index (χ0n) is 18.0. The molecule has 0 radical (unpaired) electrons. The number of amides is 1. The van der Waals surface area contributed by atoms with Crippen molar-refractivity contribution in [1.82, 2.24) is 9.78 Å². The van der Waals surface area contributed by atoms with E-state index in [1.165, 1.54) is 6.07 Å². The van der Waals surface area contributed by atoms with Gasteiger partial charge in [0.1, 0.15) is 12.4 Å². The van der Waals surface area contributed by atoms with Crippen LogP contribution in [0.3, 0.4) is 0 Å². The van der Waals surface area contributed by atoms with Crippen molar-refractivity contribution in [3.8, 4) is 5.75 Å². The van der Waals surface area contributed by atoms with E-state index >= 15 is 0 Å². The molecule has 1 heterocycles. The normalized spacial score (nSPS) is 10.9. The molecule has 1 amide bonds. The molecular formula is C25H19Cl2F2N3O2. The van der Waals surface area contributed by atoms with Gasteiger partial charge in [0.2, 0.25) is 0 Å². The Labute approximate surface area is 204 Å². The summed E-state index contributed by atoms with van der Waals surface area (Å²) in [6.45, 7) is 2.23. The maximum Gasteiger partial charge on any atom is 0.256 e. The Morgan fingerprint density at radius 2 is 1.76 bits per heavy atom. The summed E-state index contributed by atoms with van der Waals surface area (Å²) in [6, 6.07) is 16.8. The van der Waals surface area contributed by atoms with Crippen molar-refractivity contribution in [1.29, 1.82) is 0 Å². The van der Waals surface area contributed by atoms with Gasteiger partial charge in [-0.15, -0.1) is 0 Å². The van der Waals surface area contributed by atoms with E-state index in [1.54, 1.807) is 53.2 Å². The van der Waals surface area contributed by atoms with Gasteiger partial charge in [0.25, 0.3) is 5.91 Å². The SMILES string of the molecule is Cc1cc(NC(=O)c2cccc(COc3ccc(F)cc3F)c2)nn1Cc1c(Cl)cccc1Cl. The van der Waals surface area contributed by atoms with Crippen molar-refractivity contribution in [2.75, 3.05) is 5.32 Å². The van der Waals surface area contributed by atoms with E-state index in [9.17, 15) is 13.6 Å². The number of carbonyl (C=O) groups is 1. The number of anilines is 1. The summed E-state index contributed by atoms with van der Waals surface area (Å²) < 4.78 is 33.9. The lowest BCUT2D eigenvalue weighted by Crippen LogP contribution is -2.13. The van der Waals surface area contributed by atoms with Crippen LogP contribution in [0, 0.1) is 18.6 Å². The van der Waals surface area contributed by atoms with Crippen LogP contribution in [0.15, 0.2) is 66.7 Å². The number of hydrogen-bond acceptors (Lipinski definition) is 3. The first kappa shape index (κ1) is 23.7. The van der Waals surface area contributed by atoms with Crippen LogP contribution in [0.1, 0.15) is 27.2 Å². The minimum absolute atomic E-state index is 0.00992. The number of halogens is 4. The lowest BCUT2D eigenvalue weighted by Gasteiger charge is -2.09. The third-order valence-corrected chi connectivity index (χ3v) is 5.78. The van der Waals surface area contributed by atoms with Crippen LogP contribution in [0.2, 0.25) is 10.0 Å². The average Bonchev–Trinajstić information content (AvgIpc) is 3.14.